The van der Waals surface area contributed by atoms with Gasteiger partial charge in [0, 0.05) is 21.6 Å². The number of rotatable bonds is 4. The lowest BCUT2D eigenvalue weighted by molar-refractivity contribution is 0.102. The molecule has 0 unspecified atom stereocenters. The van der Waals surface area contributed by atoms with Gasteiger partial charge in [-0.05, 0) is 31.2 Å². The number of anilines is 1. The fourth-order valence-corrected chi connectivity index (χ4v) is 3.81. The van der Waals surface area contributed by atoms with Crippen molar-refractivity contribution in [1.29, 1.82) is 0 Å². The first-order chi connectivity index (χ1) is 13.1. The van der Waals surface area contributed by atoms with E-state index < -0.39 is 0 Å². The molecule has 27 heavy (non-hydrogen) atoms. The molecule has 136 valence electrons. The molecule has 0 aliphatic heterocycles. The molecule has 0 bridgehead atoms. The molecular formula is C19H15BrN4O2S. The van der Waals surface area contributed by atoms with E-state index in [2.05, 4.69) is 31.2 Å². The van der Waals surface area contributed by atoms with Crippen molar-refractivity contribution in [2.75, 3.05) is 12.4 Å². The number of nitrogens with one attached hydrogen (secondary N) is 1. The van der Waals surface area contributed by atoms with Crippen LogP contribution < -0.4 is 10.1 Å². The molecule has 0 aliphatic carbocycles. The summed E-state index contributed by atoms with van der Waals surface area (Å²) in [6, 6.07) is 11.5. The van der Waals surface area contributed by atoms with Crippen LogP contribution in [0.25, 0.3) is 16.9 Å². The average molecular weight is 443 g/mol. The van der Waals surface area contributed by atoms with Crippen molar-refractivity contribution in [3.63, 3.8) is 0 Å². The number of methoxy groups -OCH3 is 1. The molecular weight excluding hydrogens is 428 g/mol. The van der Waals surface area contributed by atoms with E-state index in [9.17, 15) is 4.79 Å². The number of aromatic nitrogens is 3. The van der Waals surface area contributed by atoms with Crippen molar-refractivity contribution in [2.45, 2.75) is 6.92 Å². The van der Waals surface area contributed by atoms with Gasteiger partial charge in [0.05, 0.1) is 18.5 Å². The third kappa shape index (κ3) is 3.33. The summed E-state index contributed by atoms with van der Waals surface area (Å²) in [5.41, 5.74) is 3.51. The van der Waals surface area contributed by atoms with Crippen molar-refractivity contribution in [1.82, 2.24) is 14.4 Å². The number of aryl methyl sites for hydroxylation is 1. The van der Waals surface area contributed by atoms with Crippen LogP contribution in [0.4, 0.5) is 5.13 Å². The van der Waals surface area contributed by atoms with Crippen molar-refractivity contribution in [2.24, 2.45) is 0 Å². The van der Waals surface area contributed by atoms with E-state index >= 15 is 0 Å². The van der Waals surface area contributed by atoms with Gasteiger partial charge in [-0.25, -0.2) is 9.97 Å². The minimum absolute atomic E-state index is 0.259. The van der Waals surface area contributed by atoms with Gasteiger partial charge in [0.1, 0.15) is 5.69 Å². The summed E-state index contributed by atoms with van der Waals surface area (Å²) in [7, 11) is 1.58. The van der Waals surface area contributed by atoms with E-state index in [4.69, 9.17) is 4.74 Å². The highest BCUT2D eigenvalue weighted by atomic mass is 79.9. The van der Waals surface area contributed by atoms with Crippen molar-refractivity contribution in [3.05, 3.63) is 63.8 Å². The first-order valence-electron chi connectivity index (χ1n) is 8.11. The van der Waals surface area contributed by atoms with Crippen LogP contribution in [0.3, 0.4) is 0 Å². The first kappa shape index (κ1) is 17.7. The van der Waals surface area contributed by atoms with Crippen molar-refractivity contribution >= 4 is 44.0 Å². The molecule has 0 fully saturated rings. The minimum Gasteiger partial charge on any atom is -0.493 e. The third-order valence-corrected chi connectivity index (χ3v) is 5.37. The molecule has 0 atom stereocenters. The molecule has 0 saturated heterocycles. The summed E-state index contributed by atoms with van der Waals surface area (Å²) in [4.78, 5) is 21.8. The zero-order valence-corrected chi connectivity index (χ0v) is 17.0. The summed E-state index contributed by atoms with van der Waals surface area (Å²) in [5.74, 6) is 0.358. The topological polar surface area (TPSA) is 68.5 Å². The average Bonchev–Trinajstić information content (AvgIpc) is 3.25. The molecule has 3 heterocycles. The monoisotopic (exact) mass is 442 g/mol. The SMILES string of the molecule is COc1cccn2c(C(=O)Nc3nc(-c4ccc(Br)cc4)cs3)c(C)nc12. The molecule has 0 aliphatic rings. The van der Waals surface area contributed by atoms with E-state index in [1.807, 2.05) is 41.8 Å². The number of hydrogen-bond acceptors (Lipinski definition) is 5. The standard InChI is InChI=1S/C19H15BrN4O2S/c1-11-16(24-9-3-4-15(26-2)17(24)21-11)18(25)23-19-22-14(10-27-19)12-5-7-13(20)8-6-12/h3-10H,1-2H3,(H,22,23,25). The second-order valence-corrected chi connectivity index (χ2v) is 7.59. The number of pyridine rings is 1. The third-order valence-electron chi connectivity index (χ3n) is 4.09. The summed E-state index contributed by atoms with van der Waals surface area (Å²) in [6.07, 6.45) is 1.79. The zero-order valence-electron chi connectivity index (χ0n) is 14.6. The van der Waals surface area contributed by atoms with Crippen LogP contribution in [0.15, 0.2) is 52.4 Å². The summed E-state index contributed by atoms with van der Waals surface area (Å²) >= 11 is 4.81. The predicted octanol–water partition coefficient (Wildman–Crippen LogP) is 4.79. The maximum absolute atomic E-state index is 12.8. The number of hydrogen-bond donors (Lipinski definition) is 1. The van der Waals surface area contributed by atoms with E-state index in [1.165, 1.54) is 11.3 Å². The molecule has 1 amide bonds. The quantitative estimate of drug-likeness (QED) is 0.493. The first-order valence-corrected chi connectivity index (χ1v) is 9.78. The van der Waals surface area contributed by atoms with E-state index in [-0.39, 0.29) is 5.91 Å². The maximum atomic E-state index is 12.8. The number of benzene rings is 1. The fourth-order valence-electron chi connectivity index (χ4n) is 2.83. The van der Waals surface area contributed by atoms with Gasteiger partial charge in [0.2, 0.25) is 0 Å². The number of fused-ring (bicyclic) bond motifs is 1. The molecule has 1 N–H and O–H groups in total. The Hall–Kier alpha value is -2.71. The van der Waals surface area contributed by atoms with Crippen LogP contribution in [0.1, 0.15) is 16.2 Å². The number of ether oxygens (including phenoxy) is 1. The lowest BCUT2D eigenvalue weighted by atomic mass is 10.2. The fraction of sp³-hybridized carbons (Fsp3) is 0.105. The van der Waals surface area contributed by atoms with Gasteiger partial charge in [-0.1, -0.05) is 28.1 Å². The van der Waals surface area contributed by atoms with Gasteiger partial charge in [0.25, 0.3) is 5.91 Å². The van der Waals surface area contributed by atoms with E-state index in [0.29, 0.717) is 27.9 Å². The molecule has 4 rings (SSSR count). The van der Waals surface area contributed by atoms with Crippen LogP contribution in [0.5, 0.6) is 5.75 Å². The van der Waals surface area contributed by atoms with E-state index in [1.54, 1.807) is 24.6 Å². The van der Waals surface area contributed by atoms with Crippen molar-refractivity contribution < 1.29 is 9.53 Å². The molecule has 4 aromatic rings. The highest BCUT2D eigenvalue weighted by Crippen LogP contribution is 2.27. The number of imidazole rings is 1. The smallest absolute Gasteiger partial charge is 0.276 e. The Morgan fingerprint density at radius 2 is 2.00 bits per heavy atom. The van der Waals surface area contributed by atoms with Crippen LogP contribution in [0.2, 0.25) is 0 Å². The summed E-state index contributed by atoms with van der Waals surface area (Å²) in [6.45, 7) is 1.80. The van der Waals surface area contributed by atoms with Crippen LogP contribution >= 0.6 is 27.3 Å². The zero-order chi connectivity index (χ0) is 19.0. The molecule has 0 spiro atoms. The number of thiazole rings is 1. The molecule has 0 radical (unpaired) electrons. The Morgan fingerprint density at radius 3 is 2.74 bits per heavy atom. The Labute approximate surface area is 168 Å². The Balaban J connectivity index is 1.63. The highest BCUT2D eigenvalue weighted by Gasteiger charge is 2.19. The van der Waals surface area contributed by atoms with Gasteiger partial charge in [-0.2, -0.15) is 0 Å². The van der Waals surface area contributed by atoms with Gasteiger partial charge in [-0.3, -0.25) is 14.5 Å². The number of nitrogens with zero attached hydrogens (tertiary/aromatic N) is 3. The largest absolute Gasteiger partial charge is 0.493 e. The van der Waals surface area contributed by atoms with E-state index in [0.717, 1.165) is 15.7 Å². The normalized spacial score (nSPS) is 10.9. The summed E-state index contributed by atoms with van der Waals surface area (Å²) in [5, 5.41) is 5.33. The summed E-state index contributed by atoms with van der Waals surface area (Å²) < 4.78 is 8.06. The van der Waals surface area contributed by atoms with Gasteiger partial charge in [-0.15, -0.1) is 11.3 Å². The lowest BCUT2D eigenvalue weighted by Crippen LogP contribution is -2.15. The van der Waals surface area contributed by atoms with Gasteiger partial charge < -0.3 is 4.74 Å². The van der Waals surface area contributed by atoms with Crippen LogP contribution in [-0.2, 0) is 0 Å². The van der Waals surface area contributed by atoms with Gasteiger partial charge >= 0.3 is 0 Å². The number of halogens is 1. The molecule has 6 nitrogen and oxygen atoms in total. The maximum Gasteiger partial charge on any atom is 0.276 e. The van der Waals surface area contributed by atoms with Crippen LogP contribution in [0, 0.1) is 6.92 Å². The Morgan fingerprint density at radius 1 is 1.22 bits per heavy atom. The van der Waals surface area contributed by atoms with Crippen LogP contribution in [-0.4, -0.2) is 27.4 Å². The Kier molecular flexibility index (Phi) is 4.67. The second kappa shape index (κ2) is 7.13. The number of carbonyl (C=O) groups excluding carboxylic acids is 1. The molecule has 3 aromatic heterocycles. The molecule has 1 aromatic carbocycles. The predicted molar refractivity (Wildman–Crippen MR) is 110 cm³/mol. The van der Waals surface area contributed by atoms with Crippen molar-refractivity contribution in [3.8, 4) is 17.0 Å². The molecule has 0 saturated carbocycles. The number of carbonyl (C=O) groups is 1. The second-order valence-electron chi connectivity index (χ2n) is 5.81. The highest BCUT2D eigenvalue weighted by molar-refractivity contribution is 9.10. The minimum atomic E-state index is -0.259. The Bertz CT molecular complexity index is 1130. The lowest BCUT2D eigenvalue weighted by Gasteiger charge is -2.05. The number of amides is 1. The molecule has 8 heteroatoms. The van der Waals surface area contributed by atoms with Gasteiger partial charge in [0.15, 0.2) is 16.5 Å².